The number of phenols is 1. The van der Waals surface area contributed by atoms with Gasteiger partial charge in [-0.05, 0) is 92.1 Å². The van der Waals surface area contributed by atoms with Crippen molar-refractivity contribution in [2.75, 3.05) is 7.11 Å². The van der Waals surface area contributed by atoms with E-state index >= 15 is 0 Å². The summed E-state index contributed by atoms with van der Waals surface area (Å²) in [7, 11) is 1.63. The van der Waals surface area contributed by atoms with Gasteiger partial charge in [0.25, 0.3) is 0 Å². The minimum Gasteiger partial charge on any atom is -0.507 e. The van der Waals surface area contributed by atoms with Crippen molar-refractivity contribution in [3.05, 3.63) is 64.2 Å². The lowest BCUT2D eigenvalue weighted by Crippen LogP contribution is -2.30. The average molecular weight is 449 g/mol. The van der Waals surface area contributed by atoms with E-state index in [1.54, 1.807) is 7.11 Å². The maximum Gasteiger partial charge on any atom is 0.310 e. The van der Waals surface area contributed by atoms with Crippen molar-refractivity contribution in [1.29, 1.82) is 0 Å². The third-order valence-electron chi connectivity index (χ3n) is 7.21. The highest BCUT2D eigenvalue weighted by molar-refractivity contribution is 5.86. The summed E-state index contributed by atoms with van der Waals surface area (Å²) in [5.41, 5.74) is 4.20. The summed E-state index contributed by atoms with van der Waals surface area (Å²) in [6, 6.07) is 11.6. The fourth-order valence-corrected chi connectivity index (χ4v) is 5.01. The third kappa shape index (κ3) is 4.24. The van der Waals surface area contributed by atoms with Gasteiger partial charge in [0.15, 0.2) is 0 Å². The van der Waals surface area contributed by atoms with Gasteiger partial charge in [-0.3, -0.25) is 4.79 Å². The van der Waals surface area contributed by atoms with Crippen LogP contribution in [0.4, 0.5) is 0 Å². The van der Waals surface area contributed by atoms with E-state index in [0.29, 0.717) is 12.2 Å². The van der Waals surface area contributed by atoms with Gasteiger partial charge in [0.1, 0.15) is 22.8 Å². The Morgan fingerprint density at radius 2 is 1.79 bits per heavy atom. The topological polar surface area (TPSA) is 76.0 Å². The second kappa shape index (κ2) is 8.62. The Kier molecular flexibility index (Phi) is 6.00. The zero-order valence-corrected chi connectivity index (χ0v) is 20.0. The molecule has 2 N–H and O–H groups in total. The maximum atomic E-state index is 12.1. The molecule has 2 atom stereocenters. The van der Waals surface area contributed by atoms with E-state index in [4.69, 9.17) is 9.47 Å². The number of phenolic OH excluding ortho intramolecular Hbond substituents is 1. The predicted molar refractivity (Wildman–Crippen MR) is 130 cm³/mol. The van der Waals surface area contributed by atoms with Crippen molar-refractivity contribution in [2.45, 2.75) is 64.9 Å². The number of aromatic hydroxyl groups is 1. The zero-order valence-electron chi connectivity index (χ0n) is 20.0. The van der Waals surface area contributed by atoms with Crippen molar-refractivity contribution in [2.24, 2.45) is 0 Å². The summed E-state index contributed by atoms with van der Waals surface area (Å²) in [6.07, 6.45) is 2.73. The zero-order chi connectivity index (χ0) is 23.9. The van der Waals surface area contributed by atoms with Gasteiger partial charge in [-0.15, -0.1) is 0 Å². The van der Waals surface area contributed by atoms with Crippen LogP contribution >= 0.6 is 0 Å². The highest BCUT2D eigenvalue weighted by atomic mass is 16.5. The SMILES string of the molecule is COc1ccc2cc(C(CCCC3(C)Cc4c(C)c(O)c(C)c(C)c4O3)C(=O)O)ccc2c1. The summed E-state index contributed by atoms with van der Waals surface area (Å²) < 4.78 is 11.7. The van der Waals surface area contributed by atoms with Gasteiger partial charge in [0.05, 0.1) is 13.0 Å². The first-order valence-corrected chi connectivity index (χ1v) is 11.4. The lowest BCUT2D eigenvalue weighted by Gasteiger charge is -2.25. The first-order valence-electron chi connectivity index (χ1n) is 11.4. The Hall–Kier alpha value is -3.21. The Balaban J connectivity index is 1.48. The molecule has 3 aromatic carbocycles. The molecule has 0 saturated heterocycles. The fourth-order valence-electron chi connectivity index (χ4n) is 5.01. The maximum absolute atomic E-state index is 12.1. The lowest BCUT2D eigenvalue weighted by molar-refractivity contribution is -0.139. The molecular formula is C28H32O5. The molecule has 0 bridgehead atoms. The summed E-state index contributed by atoms with van der Waals surface area (Å²) in [4.78, 5) is 12.1. The monoisotopic (exact) mass is 448 g/mol. The molecule has 4 rings (SSSR count). The first kappa shape index (κ1) is 23.0. The van der Waals surface area contributed by atoms with Crippen LogP contribution in [0.1, 0.15) is 59.9 Å². The number of fused-ring (bicyclic) bond motifs is 2. The van der Waals surface area contributed by atoms with E-state index in [1.165, 1.54) is 0 Å². The molecule has 0 spiro atoms. The molecule has 174 valence electrons. The van der Waals surface area contributed by atoms with Crippen molar-refractivity contribution >= 4 is 16.7 Å². The predicted octanol–water partition coefficient (Wildman–Crippen LogP) is 6.21. The summed E-state index contributed by atoms with van der Waals surface area (Å²) in [5, 5.41) is 22.4. The molecule has 33 heavy (non-hydrogen) atoms. The van der Waals surface area contributed by atoms with Gasteiger partial charge in [-0.25, -0.2) is 0 Å². The molecule has 0 saturated carbocycles. The van der Waals surface area contributed by atoms with Crippen LogP contribution in [-0.4, -0.2) is 28.9 Å². The first-order chi connectivity index (χ1) is 15.6. The molecule has 1 heterocycles. The Morgan fingerprint density at radius 3 is 2.48 bits per heavy atom. The number of carboxylic acids is 1. The number of benzene rings is 3. The Morgan fingerprint density at radius 1 is 1.09 bits per heavy atom. The molecule has 0 aliphatic carbocycles. The summed E-state index contributed by atoms with van der Waals surface area (Å²) >= 11 is 0. The van der Waals surface area contributed by atoms with E-state index in [1.807, 2.05) is 57.2 Å². The highest BCUT2D eigenvalue weighted by Crippen LogP contribution is 2.46. The summed E-state index contributed by atoms with van der Waals surface area (Å²) in [5.74, 6) is 0.628. The van der Waals surface area contributed by atoms with Crippen molar-refractivity contribution < 1.29 is 24.5 Å². The molecule has 1 aliphatic rings. The second-order valence-corrected chi connectivity index (χ2v) is 9.52. The van der Waals surface area contributed by atoms with Gasteiger partial charge < -0.3 is 19.7 Å². The molecule has 0 fully saturated rings. The van der Waals surface area contributed by atoms with E-state index in [-0.39, 0.29) is 0 Å². The van der Waals surface area contributed by atoms with Gasteiger partial charge >= 0.3 is 5.97 Å². The molecular weight excluding hydrogens is 416 g/mol. The van der Waals surface area contributed by atoms with Crippen LogP contribution in [0.15, 0.2) is 36.4 Å². The van der Waals surface area contributed by atoms with E-state index < -0.39 is 17.5 Å². The number of hydrogen-bond acceptors (Lipinski definition) is 4. The minimum absolute atomic E-state index is 0.346. The number of ether oxygens (including phenoxy) is 2. The molecule has 5 heteroatoms. The van der Waals surface area contributed by atoms with Crippen LogP contribution in [0.5, 0.6) is 17.2 Å². The van der Waals surface area contributed by atoms with Gasteiger partial charge in [-0.2, -0.15) is 0 Å². The Bertz CT molecular complexity index is 1190. The Labute approximate surface area is 195 Å². The van der Waals surface area contributed by atoms with Crippen LogP contribution in [-0.2, 0) is 11.2 Å². The van der Waals surface area contributed by atoms with Crippen molar-refractivity contribution in [3.8, 4) is 17.2 Å². The van der Waals surface area contributed by atoms with Gasteiger partial charge in [0, 0.05) is 12.0 Å². The summed E-state index contributed by atoms with van der Waals surface area (Å²) in [6.45, 7) is 7.91. The van der Waals surface area contributed by atoms with Crippen LogP contribution in [0, 0.1) is 20.8 Å². The lowest BCUT2D eigenvalue weighted by atomic mass is 9.86. The van der Waals surface area contributed by atoms with Gasteiger partial charge in [0.2, 0.25) is 0 Å². The highest BCUT2D eigenvalue weighted by Gasteiger charge is 2.38. The molecule has 1 aliphatic heterocycles. The normalized spacial score (nSPS) is 18.1. The number of methoxy groups -OCH3 is 1. The van der Waals surface area contributed by atoms with Crippen LogP contribution in [0.3, 0.4) is 0 Å². The largest absolute Gasteiger partial charge is 0.507 e. The average Bonchev–Trinajstić information content (AvgIpc) is 3.16. The molecule has 0 radical (unpaired) electrons. The van der Waals surface area contributed by atoms with Crippen LogP contribution in [0.25, 0.3) is 10.8 Å². The van der Waals surface area contributed by atoms with Crippen LogP contribution < -0.4 is 9.47 Å². The standard InChI is InChI=1S/C28H32O5/c1-16-17(2)26-24(18(3)25(16)29)15-28(4,33-26)12-6-7-23(27(30)31)21-9-8-20-14-22(32-5)11-10-19(20)13-21/h8-11,13-14,23,29H,6-7,12,15H2,1-5H3,(H,30,31). The van der Waals surface area contributed by atoms with Crippen molar-refractivity contribution in [3.63, 3.8) is 0 Å². The molecule has 0 aromatic heterocycles. The quantitative estimate of drug-likeness (QED) is 0.449. The van der Waals surface area contributed by atoms with Crippen LogP contribution in [0.2, 0.25) is 0 Å². The number of rotatable bonds is 7. The second-order valence-electron chi connectivity index (χ2n) is 9.52. The van der Waals surface area contributed by atoms with E-state index in [2.05, 4.69) is 6.92 Å². The molecule has 5 nitrogen and oxygen atoms in total. The van der Waals surface area contributed by atoms with E-state index in [9.17, 15) is 15.0 Å². The number of carboxylic acid groups (broad SMARTS) is 1. The molecule has 2 unspecified atom stereocenters. The smallest absolute Gasteiger partial charge is 0.310 e. The van der Waals surface area contributed by atoms with Crippen molar-refractivity contribution in [1.82, 2.24) is 0 Å². The molecule has 0 amide bonds. The number of carbonyl (C=O) groups is 1. The van der Waals surface area contributed by atoms with E-state index in [0.717, 1.165) is 69.4 Å². The fraction of sp³-hybridized carbons (Fsp3) is 0.393. The van der Waals surface area contributed by atoms with Gasteiger partial charge in [-0.1, -0.05) is 24.3 Å². The third-order valence-corrected chi connectivity index (χ3v) is 7.21. The minimum atomic E-state index is -0.809. The number of hydrogen-bond donors (Lipinski definition) is 2. The molecule has 3 aromatic rings. The number of aliphatic carboxylic acids is 1.